The van der Waals surface area contributed by atoms with E-state index in [0.29, 0.717) is 11.7 Å². The van der Waals surface area contributed by atoms with E-state index in [0.717, 1.165) is 12.8 Å². The summed E-state index contributed by atoms with van der Waals surface area (Å²) in [5.74, 6) is 1.23. The lowest BCUT2D eigenvalue weighted by molar-refractivity contribution is -0.131. The second-order valence-electron chi connectivity index (χ2n) is 4.20. The molecule has 2 rings (SSSR count). The van der Waals surface area contributed by atoms with Crippen molar-refractivity contribution >= 4 is 5.78 Å². The largest absolute Gasteiger partial charge is 0.299 e. The zero-order valence-electron chi connectivity index (χ0n) is 8.79. The maximum absolute atomic E-state index is 11.3. The lowest BCUT2D eigenvalue weighted by Gasteiger charge is -2.34. The van der Waals surface area contributed by atoms with Gasteiger partial charge in [0.1, 0.15) is 5.78 Å². The molecular weight excluding hydrogens is 172 g/mol. The molecule has 1 aromatic rings. The van der Waals surface area contributed by atoms with E-state index in [2.05, 4.69) is 38.1 Å². The van der Waals surface area contributed by atoms with Gasteiger partial charge in [0.2, 0.25) is 0 Å². The van der Waals surface area contributed by atoms with E-state index in [9.17, 15) is 4.79 Å². The van der Waals surface area contributed by atoms with Crippen LogP contribution in [0, 0.1) is 12.8 Å². The fourth-order valence-corrected chi connectivity index (χ4v) is 2.25. The van der Waals surface area contributed by atoms with Gasteiger partial charge >= 0.3 is 0 Å². The molecular formula is C13H16O. The number of rotatable bonds is 2. The van der Waals surface area contributed by atoms with Crippen LogP contribution in [0.15, 0.2) is 24.3 Å². The van der Waals surface area contributed by atoms with Gasteiger partial charge in [0.05, 0.1) is 0 Å². The van der Waals surface area contributed by atoms with Gasteiger partial charge < -0.3 is 0 Å². The molecule has 1 saturated carbocycles. The molecule has 0 aliphatic heterocycles. The number of ketones is 1. The Labute approximate surface area is 85.1 Å². The molecule has 0 spiro atoms. The minimum Gasteiger partial charge on any atom is -0.299 e. The van der Waals surface area contributed by atoms with Gasteiger partial charge in [-0.1, -0.05) is 36.8 Å². The normalized spacial score (nSPS) is 26.0. The Morgan fingerprint density at radius 2 is 1.93 bits per heavy atom. The number of Topliss-reactive ketones (excluding diaryl/α,β-unsaturated/α-hetero) is 1. The van der Waals surface area contributed by atoms with Gasteiger partial charge in [-0.3, -0.25) is 4.79 Å². The molecule has 0 heterocycles. The molecule has 0 amide bonds. The Morgan fingerprint density at radius 1 is 1.29 bits per heavy atom. The van der Waals surface area contributed by atoms with Crippen LogP contribution >= 0.6 is 0 Å². The third-order valence-electron chi connectivity index (χ3n) is 3.27. The quantitative estimate of drug-likeness (QED) is 0.697. The van der Waals surface area contributed by atoms with Crippen LogP contribution in [0.5, 0.6) is 0 Å². The SMILES string of the molecule is CCC1C(=O)CC1c1ccc(C)cc1. The molecule has 0 N–H and O–H groups in total. The standard InChI is InChI=1S/C13H16O/c1-3-11-12(8-13(11)14)10-6-4-9(2)5-7-10/h4-7,11-12H,3,8H2,1-2H3. The molecule has 0 bridgehead atoms. The van der Waals surface area contributed by atoms with Gasteiger partial charge in [-0.2, -0.15) is 0 Å². The van der Waals surface area contributed by atoms with E-state index < -0.39 is 0 Å². The van der Waals surface area contributed by atoms with Gasteiger partial charge in [0.15, 0.2) is 0 Å². The van der Waals surface area contributed by atoms with E-state index in [1.165, 1.54) is 11.1 Å². The first-order chi connectivity index (χ1) is 6.72. The fourth-order valence-electron chi connectivity index (χ4n) is 2.25. The summed E-state index contributed by atoms with van der Waals surface area (Å²) in [6.07, 6.45) is 1.74. The molecule has 74 valence electrons. The number of aryl methyl sites for hydroxylation is 1. The van der Waals surface area contributed by atoms with Gasteiger partial charge in [-0.25, -0.2) is 0 Å². The smallest absolute Gasteiger partial charge is 0.137 e. The number of benzene rings is 1. The van der Waals surface area contributed by atoms with Crippen LogP contribution in [0.4, 0.5) is 0 Å². The molecule has 2 atom stereocenters. The van der Waals surface area contributed by atoms with Crippen molar-refractivity contribution in [1.82, 2.24) is 0 Å². The van der Waals surface area contributed by atoms with Gasteiger partial charge in [0.25, 0.3) is 0 Å². The average molecular weight is 188 g/mol. The van der Waals surface area contributed by atoms with Crippen LogP contribution in [0.25, 0.3) is 0 Å². The van der Waals surface area contributed by atoms with E-state index in [-0.39, 0.29) is 5.92 Å². The van der Waals surface area contributed by atoms with Gasteiger partial charge in [-0.15, -0.1) is 0 Å². The molecule has 14 heavy (non-hydrogen) atoms. The van der Waals surface area contributed by atoms with Crippen LogP contribution in [0.2, 0.25) is 0 Å². The first-order valence-corrected chi connectivity index (χ1v) is 5.31. The van der Waals surface area contributed by atoms with Crippen molar-refractivity contribution in [3.63, 3.8) is 0 Å². The third kappa shape index (κ3) is 1.47. The summed E-state index contributed by atoms with van der Waals surface area (Å²) in [6, 6.07) is 8.58. The molecule has 1 aliphatic rings. The second kappa shape index (κ2) is 3.56. The summed E-state index contributed by atoms with van der Waals surface area (Å²) in [7, 11) is 0. The van der Waals surface area contributed by atoms with Gasteiger partial charge in [0, 0.05) is 18.3 Å². The zero-order chi connectivity index (χ0) is 10.1. The summed E-state index contributed by atoms with van der Waals surface area (Å²) < 4.78 is 0. The number of hydrogen-bond donors (Lipinski definition) is 0. The van der Waals surface area contributed by atoms with Crippen LogP contribution in [0.1, 0.15) is 36.8 Å². The molecule has 1 aliphatic carbocycles. The summed E-state index contributed by atoms with van der Waals surface area (Å²) >= 11 is 0. The van der Waals surface area contributed by atoms with Crippen LogP contribution in [-0.4, -0.2) is 5.78 Å². The Bertz CT molecular complexity index is 337. The molecule has 1 heteroatoms. The summed E-state index contributed by atoms with van der Waals surface area (Å²) in [4.78, 5) is 11.3. The lowest BCUT2D eigenvalue weighted by atomic mass is 9.68. The number of carbonyl (C=O) groups is 1. The van der Waals surface area contributed by atoms with Crippen LogP contribution < -0.4 is 0 Å². The Morgan fingerprint density at radius 3 is 2.43 bits per heavy atom. The second-order valence-corrected chi connectivity index (χ2v) is 4.20. The molecule has 0 saturated heterocycles. The fraction of sp³-hybridized carbons (Fsp3) is 0.462. The molecule has 0 aromatic heterocycles. The predicted octanol–water partition coefficient (Wildman–Crippen LogP) is 3.08. The highest BCUT2D eigenvalue weighted by molar-refractivity contribution is 5.89. The van der Waals surface area contributed by atoms with Crippen molar-refractivity contribution in [1.29, 1.82) is 0 Å². The van der Waals surface area contributed by atoms with Crippen molar-refractivity contribution in [3.05, 3.63) is 35.4 Å². The monoisotopic (exact) mass is 188 g/mol. The highest BCUT2D eigenvalue weighted by Crippen LogP contribution is 2.41. The first kappa shape index (κ1) is 9.45. The molecule has 1 aromatic carbocycles. The van der Waals surface area contributed by atoms with Crippen LogP contribution in [0.3, 0.4) is 0 Å². The maximum atomic E-state index is 11.3. The van der Waals surface area contributed by atoms with Gasteiger partial charge in [-0.05, 0) is 18.9 Å². The number of carbonyl (C=O) groups excluding carboxylic acids is 1. The third-order valence-corrected chi connectivity index (χ3v) is 3.27. The van der Waals surface area contributed by atoms with Crippen molar-refractivity contribution in [3.8, 4) is 0 Å². The lowest BCUT2D eigenvalue weighted by Crippen LogP contribution is -2.34. The molecule has 0 radical (unpaired) electrons. The van der Waals surface area contributed by atoms with E-state index >= 15 is 0 Å². The minimum absolute atomic E-state index is 0.290. The Hall–Kier alpha value is -1.11. The molecule has 1 fully saturated rings. The first-order valence-electron chi connectivity index (χ1n) is 5.31. The minimum atomic E-state index is 0.290. The van der Waals surface area contributed by atoms with Crippen molar-refractivity contribution in [2.75, 3.05) is 0 Å². The Kier molecular flexibility index (Phi) is 2.40. The summed E-state index contributed by atoms with van der Waals surface area (Å²) in [5, 5.41) is 0. The number of hydrogen-bond acceptors (Lipinski definition) is 1. The van der Waals surface area contributed by atoms with Crippen molar-refractivity contribution in [2.45, 2.75) is 32.6 Å². The predicted molar refractivity (Wildman–Crippen MR) is 57.3 cm³/mol. The van der Waals surface area contributed by atoms with E-state index in [1.807, 2.05) is 0 Å². The topological polar surface area (TPSA) is 17.1 Å². The van der Waals surface area contributed by atoms with E-state index in [1.54, 1.807) is 0 Å². The highest BCUT2D eigenvalue weighted by atomic mass is 16.1. The summed E-state index contributed by atoms with van der Waals surface area (Å²) in [6.45, 7) is 4.19. The van der Waals surface area contributed by atoms with E-state index in [4.69, 9.17) is 0 Å². The summed E-state index contributed by atoms with van der Waals surface area (Å²) in [5.41, 5.74) is 2.62. The van der Waals surface area contributed by atoms with Crippen molar-refractivity contribution in [2.24, 2.45) is 5.92 Å². The molecule has 1 nitrogen and oxygen atoms in total. The van der Waals surface area contributed by atoms with Crippen LogP contribution in [-0.2, 0) is 4.79 Å². The average Bonchev–Trinajstić information content (AvgIpc) is 2.16. The Balaban J connectivity index is 2.17. The van der Waals surface area contributed by atoms with Crippen molar-refractivity contribution < 1.29 is 4.79 Å². The zero-order valence-corrected chi connectivity index (χ0v) is 8.79. The maximum Gasteiger partial charge on any atom is 0.137 e. The highest BCUT2D eigenvalue weighted by Gasteiger charge is 2.38. The molecule has 2 unspecified atom stereocenters.